The van der Waals surface area contributed by atoms with E-state index < -0.39 is 5.82 Å². The van der Waals surface area contributed by atoms with E-state index in [1.807, 2.05) is 0 Å². The molecule has 0 radical (unpaired) electrons. The van der Waals surface area contributed by atoms with Crippen molar-refractivity contribution in [3.63, 3.8) is 0 Å². The third-order valence-electron chi connectivity index (χ3n) is 2.02. The molecule has 1 aromatic carbocycles. The Labute approximate surface area is 93.4 Å². The van der Waals surface area contributed by atoms with Gasteiger partial charge in [0.2, 0.25) is 0 Å². The number of fused-ring (bicyclic) bond motifs is 1. The second-order valence-corrected chi connectivity index (χ2v) is 3.65. The van der Waals surface area contributed by atoms with Crippen molar-refractivity contribution < 1.29 is 9.13 Å². The number of nitrogens with zero attached hydrogens (tertiary/aromatic N) is 2. The van der Waals surface area contributed by atoms with E-state index in [1.54, 1.807) is 0 Å². The fraction of sp³-hybridized carbons (Fsp3) is 0.111. The van der Waals surface area contributed by atoms with Crippen LogP contribution in [0, 0.1) is 5.82 Å². The van der Waals surface area contributed by atoms with Crippen molar-refractivity contribution >= 4 is 32.7 Å². The molecule has 4 nitrogen and oxygen atoms in total. The highest BCUT2D eigenvalue weighted by Gasteiger charge is 2.14. The minimum absolute atomic E-state index is 0.257. The maximum Gasteiger partial charge on any atom is 0.143 e. The van der Waals surface area contributed by atoms with Crippen LogP contribution >= 0.6 is 15.9 Å². The van der Waals surface area contributed by atoms with Gasteiger partial charge in [-0.15, -0.1) is 0 Å². The van der Waals surface area contributed by atoms with Crippen molar-refractivity contribution in [3.8, 4) is 5.75 Å². The highest BCUT2D eigenvalue weighted by Crippen LogP contribution is 2.34. The first-order valence-corrected chi connectivity index (χ1v) is 4.86. The van der Waals surface area contributed by atoms with Gasteiger partial charge in [-0.25, -0.2) is 14.4 Å². The number of nitrogens with two attached hydrogens (primary N) is 1. The molecular formula is C9H7BrFN3O. The van der Waals surface area contributed by atoms with Crippen LogP contribution in [0.25, 0.3) is 10.9 Å². The van der Waals surface area contributed by atoms with Gasteiger partial charge in [-0.05, 0) is 15.9 Å². The molecule has 0 spiro atoms. The minimum Gasteiger partial charge on any atom is -0.496 e. The van der Waals surface area contributed by atoms with Gasteiger partial charge in [0.1, 0.15) is 23.7 Å². The molecule has 0 unspecified atom stereocenters. The topological polar surface area (TPSA) is 61.0 Å². The zero-order valence-corrected chi connectivity index (χ0v) is 9.38. The summed E-state index contributed by atoms with van der Waals surface area (Å²) in [5.74, 6) is 0.138. The van der Waals surface area contributed by atoms with Gasteiger partial charge >= 0.3 is 0 Å². The van der Waals surface area contributed by atoms with Gasteiger partial charge in [-0.3, -0.25) is 0 Å². The van der Waals surface area contributed by atoms with Crippen LogP contribution in [0.3, 0.4) is 0 Å². The van der Waals surface area contributed by atoms with Crippen LogP contribution in [0.4, 0.5) is 10.2 Å². The molecule has 0 aliphatic heterocycles. The highest BCUT2D eigenvalue weighted by molar-refractivity contribution is 9.10. The lowest BCUT2D eigenvalue weighted by Crippen LogP contribution is -1.98. The molecule has 2 aromatic rings. The van der Waals surface area contributed by atoms with E-state index in [1.165, 1.54) is 19.5 Å². The SMILES string of the molecule is COc1cc(F)c(Br)c2ncnc(N)c12. The third-order valence-corrected chi connectivity index (χ3v) is 2.77. The van der Waals surface area contributed by atoms with Crippen molar-refractivity contribution in [2.75, 3.05) is 12.8 Å². The highest BCUT2D eigenvalue weighted by atomic mass is 79.9. The summed E-state index contributed by atoms with van der Waals surface area (Å²) in [7, 11) is 1.44. The smallest absolute Gasteiger partial charge is 0.143 e. The molecule has 15 heavy (non-hydrogen) atoms. The molecule has 0 saturated heterocycles. The number of aromatic nitrogens is 2. The third kappa shape index (κ3) is 1.50. The monoisotopic (exact) mass is 271 g/mol. The molecule has 0 aliphatic rings. The van der Waals surface area contributed by atoms with E-state index in [-0.39, 0.29) is 10.3 Å². The summed E-state index contributed by atoms with van der Waals surface area (Å²) < 4.78 is 18.7. The minimum atomic E-state index is -0.447. The number of nitrogen functional groups attached to an aromatic ring is 1. The van der Waals surface area contributed by atoms with Crippen molar-refractivity contribution in [1.29, 1.82) is 0 Å². The average molecular weight is 272 g/mol. The van der Waals surface area contributed by atoms with Crippen LogP contribution in [-0.4, -0.2) is 17.1 Å². The maximum atomic E-state index is 13.4. The molecule has 6 heteroatoms. The molecule has 0 amide bonds. The lowest BCUT2D eigenvalue weighted by molar-refractivity contribution is 0.416. The Balaban J connectivity index is 2.96. The van der Waals surface area contributed by atoms with Gasteiger partial charge < -0.3 is 10.5 Å². The summed E-state index contributed by atoms with van der Waals surface area (Å²) >= 11 is 3.10. The van der Waals surface area contributed by atoms with Crippen LogP contribution in [0.1, 0.15) is 0 Å². The lowest BCUT2D eigenvalue weighted by Gasteiger charge is -2.08. The van der Waals surface area contributed by atoms with Crippen LogP contribution in [0.15, 0.2) is 16.9 Å². The quantitative estimate of drug-likeness (QED) is 0.863. The molecule has 0 aliphatic carbocycles. The largest absolute Gasteiger partial charge is 0.496 e. The van der Waals surface area contributed by atoms with Crippen molar-refractivity contribution in [3.05, 3.63) is 22.7 Å². The van der Waals surface area contributed by atoms with E-state index in [4.69, 9.17) is 10.5 Å². The Bertz CT molecular complexity index is 532. The van der Waals surface area contributed by atoms with Gasteiger partial charge in [0.15, 0.2) is 0 Å². The zero-order chi connectivity index (χ0) is 11.0. The summed E-state index contributed by atoms with van der Waals surface area (Å²) in [6.07, 6.45) is 1.28. The second kappa shape index (κ2) is 3.62. The van der Waals surface area contributed by atoms with Crippen LogP contribution < -0.4 is 10.5 Å². The summed E-state index contributed by atoms with van der Waals surface area (Å²) in [6.45, 7) is 0. The number of anilines is 1. The lowest BCUT2D eigenvalue weighted by atomic mass is 10.2. The van der Waals surface area contributed by atoms with Crippen molar-refractivity contribution in [2.24, 2.45) is 0 Å². The van der Waals surface area contributed by atoms with E-state index in [0.29, 0.717) is 16.7 Å². The summed E-state index contributed by atoms with van der Waals surface area (Å²) in [4.78, 5) is 7.78. The molecule has 1 heterocycles. The Kier molecular flexibility index (Phi) is 2.44. The molecule has 0 saturated carbocycles. The summed E-state index contributed by atoms with van der Waals surface area (Å²) in [5, 5.41) is 0.508. The molecule has 1 aromatic heterocycles. The van der Waals surface area contributed by atoms with E-state index in [0.717, 1.165) is 0 Å². The number of hydrogen-bond donors (Lipinski definition) is 1. The zero-order valence-electron chi connectivity index (χ0n) is 7.79. The number of rotatable bonds is 1. The number of benzene rings is 1. The van der Waals surface area contributed by atoms with Gasteiger partial charge in [0.25, 0.3) is 0 Å². The average Bonchev–Trinajstić information content (AvgIpc) is 2.23. The van der Waals surface area contributed by atoms with Gasteiger partial charge in [0.05, 0.1) is 22.5 Å². The first kappa shape index (κ1) is 10.1. The van der Waals surface area contributed by atoms with E-state index in [9.17, 15) is 4.39 Å². The van der Waals surface area contributed by atoms with Gasteiger partial charge in [0, 0.05) is 6.07 Å². The number of hydrogen-bond acceptors (Lipinski definition) is 4. The van der Waals surface area contributed by atoms with Crippen LogP contribution in [0.5, 0.6) is 5.75 Å². The molecule has 78 valence electrons. The Hall–Kier alpha value is -1.43. The second-order valence-electron chi connectivity index (χ2n) is 2.86. The predicted molar refractivity (Wildman–Crippen MR) is 58.2 cm³/mol. The fourth-order valence-corrected chi connectivity index (χ4v) is 1.75. The molecular weight excluding hydrogens is 265 g/mol. The van der Waals surface area contributed by atoms with Crippen molar-refractivity contribution in [1.82, 2.24) is 9.97 Å². The van der Waals surface area contributed by atoms with Crippen LogP contribution in [0.2, 0.25) is 0 Å². The number of methoxy groups -OCH3 is 1. The standard InChI is InChI=1S/C9H7BrFN3O/c1-15-5-2-4(11)7(10)8-6(5)9(12)14-3-13-8/h2-3H,1H3,(H2,12,13,14). The molecule has 2 rings (SSSR count). The normalized spacial score (nSPS) is 10.6. The van der Waals surface area contributed by atoms with E-state index >= 15 is 0 Å². The Morgan fingerprint density at radius 3 is 2.87 bits per heavy atom. The molecule has 0 atom stereocenters. The van der Waals surface area contributed by atoms with Crippen LogP contribution in [-0.2, 0) is 0 Å². The maximum absolute atomic E-state index is 13.4. The Morgan fingerprint density at radius 2 is 2.20 bits per heavy atom. The van der Waals surface area contributed by atoms with Crippen molar-refractivity contribution in [2.45, 2.75) is 0 Å². The molecule has 2 N–H and O–H groups in total. The first-order valence-electron chi connectivity index (χ1n) is 4.07. The summed E-state index contributed by atoms with van der Waals surface area (Å²) in [5.41, 5.74) is 6.08. The first-order chi connectivity index (χ1) is 7.15. The number of halogens is 2. The summed E-state index contributed by atoms with van der Waals surface area (Å²) in [6, 6.07) is 1.24. The van der Waals surface area contributed by atoms with Gasteiger partial charge in [-0.2, -0.15) is 0 Å². The van der Waals surface area contributed by atoms with Gasteiger partial charge in [-0.1, -0.05) is 0 Å². The molecule has 0 fully saturated rings. The number of ether oxygens (including phenoxy) is 1. The fourth-order valence-electron chi connectivity index (χ4n) is 1.33. The van der Waals surface area contributed by atoms with E-state index in [2.05, 4.69) is 25.9 Å². The molecule has 0 bridgehead atoms. The Morgan fingerprint density at radius 1 is 1.47 bits per heavy atom. The predicted octanol–water partition coefficient (Wildman–Crippen LogP) is 2.12.